The van der Waals surface area contributed by atoms with Gasteiger partial charge < -0.3 is 5.11 Å². The molecule has 0 fully saturated rings. The highest BCUT2D eigenvalue weighted by atomic mass is 35.5. The van der Waals surface area contributed by atoms with Crippen LogP contribution in [0.15, 0.2) is 120 Å². The van der Waals surface area contributed by atoms with E-state index in [0.717, 1.165) is 11.1 Å². The predicted octanol–water partition coefficient (Wildman–Crippen LogP) is 9.82. The average Bonchev–Trinajstić information content (AvgIpc) is 3.17. The van der Waals surface area contributed by atoms with E-state index in [4.69, 9.17) is 23.2 Å². The predicted molar refractivity (Wildman–Crippen MR) is 180 cm³/mol. The zero-order valence-corrected chi connectivity index (χ0v) is 25.0. The Bertz CT molecular complexity index is 2300. The monoisotopic (exact) mass is 597 g/mol. The van der Waals surface area contributed by atoms with E-state index in [0.29, 0.717) is 23.4 Å². The van der Waals surface area contributed by atoms with E-state index >= 15 is 0 Å². The van der Waals surface area contributed by atoms with Gasteiger partial charge in [-0.25, -0.2) is 4.48 Å². The van der Waals surface area contributed by atoms with Crippen LogP contribution < -0.4 is 0 Å². The maximum Gasteiger partial charge on any atom is 0.281 e. The van der Waals surface area contributed by atoms with Crippen LogP contribution >= 0.6 is 23.2 Å². The Balaban J connectivity index is 1.08. The van der Waals surface area contributed by atoms with Gasteiger partial charge in [0.1, 0.15) is 6.54 Å². The Hall–Kier alpha value is -4.12. The van der Waals surface area contributed by atoms with Gasteiger partial charge in [0.25, 0.3) is 6.35 Å². The lowest BCUT2D eigenvalue weighted by Gasteiger charge is -2.35. The maximum atomic E-state index is 11.8. The summed E-state index contributed by atoms with van der Waals surface area (Å²) in [4.78, 5) is 1.82. The van der Waals surface area contributed by atoms with Crippen molar-refractivity contribution in [1.82, 2.24) is 4.90 Å². The number of benzene rings is 8. The molecule has 5 heteroatoms. The third-order valence-electron chi connectivity index (χ3n) is 9.57. The Morgan fingerprint density at radius 2 is 0.953 bits per heavy atom. The van der Waals surface area contributed by atoms with Crippen molar-refractivity contribution in [1.29, 1.82) is 0 Å². The second kappa shape index (κ2) is 8.95. The quantitative estimate of drug-likeness (QED) is 0.124. The summed E-state index contributed by atoms with van der Waals surface area (Å²) in [5.74, 6) is 0. The fourth-order valence-electron chi connectivity index (χ4n) is 7.54. The first-order chi connectivity index (χ1) is 20.9. The molecule has 2 unspecified atom stereocenters. The Kier molecular flexibility index (Phi) is 5.28. The number of halogens is 2. The minimum Gasteiger partial charge on any atom is -0.327 e. The molecule has 0 spiro atoms. The molecule has 0 radical (unpaired) electrons. The van der Waals surface area contributed by atoms with Gasteiger partial charge in [-0.3, -0.25) is 4.90 Å². The molecule has 8 aromatic carbocycles. The number of hydrogen-bond acceptors (Lipinski definition) is 2. The highest BCUT2D eigenvalue weighted by molar-refractivity contribution is 6.38. The molecule has 0 amide bonds. The van der Waals surface area contributed by atoms with Crippen LogP contribution in [-0.2, 0) is 13.1 Å². The van der Waals surface area contributed by atoms with E-state index in [9.17, 15) is 5.11 Å². The van der Waals surface area contributed by atoms with E-state index in [1.54, 1.807) is 0 Å². The minimum absolute atomic E-state index is 0.0855. The van der Waals surface area contributed by atoms with Crippen molar-refractivity contribution in [2.24, 2.45) is 0 Å². The fourth-order valence-corrected chi connectivity index (χ4v) is 8.13. The van der Waals surface area contributed by atoms with Crippen molar-refractivity contribution in [3.05, 3.63) is 131 Å². The first-order valence-electron chi connectivity index (χ1n) is 14.6. The summed E-state index contributed by atoms with van der Waals surface area (Å²) in [6.07, 6.45) is -0.934. The summed E-state index contributed by atoms with van der Waals surface area (Å²) in [5, 5.41) is 27.5. The van der Waals surface area contributed by atoms with Gasteiger partial charge in [-0.2, -0.15) is 0 Å². The molecule has 9 rings (SSSR count). The minimum atomic E-state index is -0.934. The zero-order chi connectivity index (χ0) is 29.0. The van der Waals surface area contributed by atoms with E-state index in [1.165, 1.54) is 64.6 Å². The molecular formula is C38H27Cl2N2O+. The van der Waals surface area contributed by atoms with Gasteiger partial charge in [0.15, 0.2) is 5.16 Å². The van der Waals surface area contributed by atoms with Gasteiger partial charge in [-0.05, 0) is 106 Å². The molecule has 8 aromatic rings. The fraction of sp³-hybridized carbons (Fsp3) is 0.105. The maximum absolute atomic E-state index is 11.8. The lowest BCUT2D eigenvalue weighted by Crippen LogP contribution is -2.51. The second-order valence-corrected chi connectivity index (χ2v) is 13.0. The van der Waals surface area contributed by atoms with Gasteiger partial charge in [-0.1, -0.05) is 96.5 Å². The molecule has 3 nitrogen and oxygen atoms in total. The van der Waals surface area contributed by atoms with Crippen molar-refractivity contribution in [2.45, 2.75) is 19.4 Å². The van der Waals surface area contributed by atoms with Gasteiger partial charge in [-0.15, -0.1) is 0 Å². The lowest BCUT2D eigenvalue weighted by atomic mass is 9.93. The van der Waals surface area contributed by atoms with Crippen LogP contribution in [0.5, 0.6) is 0 Å². The average molecular weight is 599 g/mol. The van der Waals surface area contributed by atoms with Gasteiger partial charge in [0.2, 0.25) is 5.16 Å². The molecule has 1 aliphatic rings. The zero-order valence-electron chi connectivity index (χ0n) is 23.5. The number of rotatable bonds is 4. The van der Waals surface area contributed by atoms with Gasteiger partial charge in [0.05, 0.1) is 13.6 Å². The molecule has 0 saturated heterocycles. The van der Waals surface area contributed by atoms with Crippen LogP contribution in [0.3, 0.4) is 0 Å². The first kappa shape index (κ1) is 25.4. The molecule has 208 valence electrons. The summed E-state index contributed by atoms with van der Waals surface area (Å²) in [7, 11) is 1.96. The standard InChI is InChI=1S/C38H27Cl2N2O/c1-42(21-23-18-30-14-10-26-6-3-7-27-11-15-31(19-23)35(30)33(26)27)37(40)36(39)41(38(42)43)20-22-16-28-12-8-24-4-2-5-25-9-13-29(17-22)34(28)32(24)25/h2-19,38,43H,20-21H2,1H3/q+1. The molecule has 1 N–H and O–H groups in total. The summed E-state index contributed by atoms with van der Waals surface area (Å²) < 4.78 is 0.0855. The van der Waals surface area contributed by atoms with Gasteiger partial charge in [0, 0.05) is 5.56 Å². The first-order valence-corrected chi connectivity index (χ1v) is 15.3. The summed E-state index contributed by atoms with van der Waals surface area (Å²) in [5.41, 5.74) is 2.17. The highest BCUT2D eigenvalue weighted by Gasteiger charge is 2.49. The van der Waals surface area contributed by atoms with Crippen molar-refractivity contribution in [2.75, 3.05) is 7.05 Å². The molecular weight excluding hydrogens is 571 g/mol. The van der Waals surface area contributed by atoms with Crippen molar-refractivity contribution in [3.8, 4) is 0 Å². The number of hydrogen-bond donors (Lipinski definition) is 1. The Labute approximate surface area is 258 Å². The van der Waals surface area contributed by atoms with Crippen molar-refractivity contribution < 1.29 is 9.59 Å². The van der Waals surface area contributed by atoms with E-state index in [2.05, 4.69) is 109 Å². The van der Waals surface area contributed by atoms with Crippen molar-refractivity contribution >= 4 is 87.8 Å². The lowest BCUT2D eigenvalue weighted by molar-refractivity contribution is -0.930. The molecule has 43 heavy (non-hydrogen) atoms. The molecule has 0 bridgehead atoms. The van der Waals surface area contributed by atoms with E-state index in [-0.39, 0.29) is 4.48 Å². The number of nitrogens with zero attached hydrogens (tertiary/aromatic N) is 2. The second-order valence-electron chi connectivity index (χ2n) is 12.2. The molecule has 2 atom stereocenters. The SMILES string of the molecule is C[N+]1(Cc2cc3ccc4cccc5ccc(c2)c3c45)C(Cl)=C(Cl)N(Cc2cc3ccc4cccc5ccc(c2)c3c45)C1O. The normalized spacial score (nSPS) is 19.5. The topological polar surface area (TPSA) is 23.5 Å². The third kappa shape index (κ3) is 3.57. The van der Waals surface area contributed by atoms with E-state index < -0.39 is 6.35 Å². The highest BCUT2D eigenvalue weighted by Crippen LogP contribution is 2.43. The van der Waals surface area contributed by atoms with Crippen LogP contribution in [0.1, 0.15) is 11.1 Å². The summed E-state index contributed by atoms with van der Waals surface area (Å²) in [6.45, 7) is 0.949. The molecule has 1 aliphatic heterocycles. The molecule has 0 aliphatic carbocycles. The summed E-state index contributed by atoms with van der Waals surface area (Å²) in [6, 6.07) is 39.3. The number of aliphatic hydroxyl groups excluding tert-OH is 1. The van der Waals surface area contributed by atoms with Gasteiger partial charge >= 0.3 is 0 Å². The van der Waals surface area contributed by atoms with Crippen LogP contribution in [-0.4, -0.2) is 27.9 Å². The Morgan fingerprint density at radius 3 is 1.40 bits per heavy atom. The van der Waals surface area contributed by atoms with Crippen LogP contribution in [0.2, 0.25) is 0 Å². The van der Waals surface area contributed by atoms with Crippen molar-refractivity contribution in [3.63, 3.8) is 0 Å². The summed E-state index contributed by atoms with van der Waals surface area (Å²) >= 11 is 13.9. The number of aliphatic hydroxyl groups is 1. The molecule has 1 heterocycles. The molecule has 0 saturated carbocycles. The van der Waals surface area contributed by atoms with Crippen LogP contribution in [0.25, 0.3) is 64.6 Å². The largest absolute Gasteiger partial charge is 0.327 e. The van der Waals surface area contributed by atoms with Crippen LogP contribution in [0, 0.1) is 0 Å². The smallest absolute Gasteiger partial charge is 0.281 e. The van der Waals surface area contributed by atoms with E-state index in [1.807, 2.05) is 11.9 Å². The third-order valence-corrected chi connectivity index (χ3v) is 10.6. The number of quaternary nitrogens is 1. The van der Waals surface area contributed by atoms with Crippen LogP contribution in [0.4, 0.5) is 0 Å². The molecule has 0 aromatic heterocycles. The Morgan fingerprint density at radius 1 is 0.581 bits per heavy atom.